The third kappa shape index (κ3) is 3.59. The van der Waals surface area contributed by atoms with Crippen LogP contribution in [0.4, 0.5) is 16.2 Å². The van der Waals surface area contributed by atoms with Crippen LogP contribution < -0.4 is 15.5 Å². The number of anilines is 2. The van der Waals surface area contributed by atoms with Crippen LogP contribution in [0, 0.1) is 25.7 Å². The van der Waals surface area contributed by atoms with Crippen LogP contribution in [-0.2, 0) is 10.5 Å². The third-order valence-corrected chi connectivity index (χ3v) is 7.16. The average Bonchev–Trinajstić information content (AvgIpc) is 2.74. The molecule has 1 saturated carbocycles. The van der Waals surface area contributed by atoms with E-state index in [-0.39, 0.29) is 6.04 Å². The Morgan fingerprint density at radius 3 is 2.61 bits per heavy atom. The van der Waals surface area contributed by atoms with E-state index in [1.807, 2.05) is 26.0 Å². The molecule has 1 fully saturated rings. The largest absolute Gasteiger partial charge is 0.359 e. The number of nitrogens with one attached hydrogen (secondary N) is 2. The SMILES string of the molecule is Cc1ccc(N2C(=O)Nc3ccccc3[C@@]2(O)C(=O)N[C@H]2CCC[C@H](C)[C@@H]2C)cc1C. The number of para-hydroxylation sites is 1. The van der Waals surface area contributed by atoms with Crippen molar-refractivity contribution in [3.63, 3.8) is 0 Å². The number of benzene rings is 2. The first-order chi connectivity index (χ1) is 14.7. The Morgan fingerprint density at radius 1 is 1.13 bits per heavy atom. The summed E-state index contributed by atoms with van der Waals surface area (Å²) in [6.45, 7) is 8.26. The molecule has 31 heavy (non-hydrogen) atoms. The molecule has 2 aliphatic rings. The molecule has 1 aliphatic heterocycles. The molecule has 0 spiro atoms. The Balaban J connectivity index is 1.79. The summed E-state index contributed by atoms with van der Waals surface area (Å²) in [5.41, 5.74) is 1.16. The molecule has 4 atom stereocenters. The van der Waals surface area contributed by atoms with E-state index in [4.69, 9.17) is 0 Å². The fourth-order valence-electron chi connectivity index (χ4n) is 4.78. The van der Waals surface area contributed by atoms with Crippen molar-refractivity contribution in [2.45, 2.75) is 58.7 Å². The molecule has 0 saturated heterocycles. The number of aliphatic hydroxyl groups is 1. The fraction of sp³-hybridized carbons (Fsp3) is 0.440. The monoisotopic (exact) mass is 421 g/mol. The number of carbonyl (C=O) groups excluding carboxylic acids is 2. The van der Waals surface area contributed by atoms with Gasteiger partial charge in [-0.2, -0.15) is 0 Å². The van der Waals surface area contributed by atoms with Crippen molar-refractivity contribution in [3.05, 3.63) is 59.2 Å². The lowest BCUT2D eigenvalue weighted by atomic mass is 9.78. The van der Waals surface area contributed by atoms with E-state index < -0.39 is 17.7 Å². The van der Waals surface area contributed by atoms with Crippen LogP contribution in [0.25, 0.3) is 0 Å². The maximum atomic E-state index is 13.7. The van der Waals surface area contributed by atoms with Gasteiger partial charge in [-0.15, -0.1) is 0 Å². The maximum Gasteiger partial charge on any atom is 0.329 e. The predicted octanol–water partition coefficient (Wildman–Crippen LogP) is 4.44. The summed E-state index contributed by atoms with van der Waals surface area (Å²) in [4.78, 5) is 28.0. The Bertz CT molecular complexity index is 1020. The first-order valence-electron chi connectivity index (χ1n) is 11.0. The van der Waals surface area contributed by atoms with Crippen LogP contribution in [0.15, 0.2) is 42.5 Å². The van der Waals surface area contributed by atoms with Gasteiger partial charge in [-0.25, -0.2) is 4.79 Å². The van der Waals surface area contributed by atoms with Gasteiger partial charge in [0.2, 0.25) is 0 Å². The summed E-state index contributed by atoms with van der Waals surface area (Å²) in [5.74, 6) is 0.217. The smallest absolute Gasteiger partial charge is 0.329 e. The molecule has 0 unspecified atom stereocenters. The van der Waals surface area contributed by atoms with Crippen LogP contribution in [0.3, 0.4) is 0 Å². The summed E-state index contributed by atoms with van der Waals surface area (Å²) in [7, 11) is 0. The van der Waals surface area contributed by atoms with Gasteiger partial charge in [0.25, 0.3) is 11.6 Å². The minimum Gasteiger partial charge on any atom is -0.359 e. The zero-order valence-electron chi connectivity index (χ0n) is 18.6. The van der Waals surface area contributed by atoms with Gasteiger partial charge in [0, 0.05) is 17.3 Å². The molecule has 6 nitrogen and oxygen atoms in total. The minimum atomic E-state index is -2.15. The van der Waals surface area contributed by atoms with E-state index in [9.17, 15) is 14.7 Å². The van der Waals surface area contributed by atoms with Crippen molar-refractivity contribution in [1.29, 1.82) is 0 Å². The second kappa shape index (κ2) is 8.00. The lowest BCUT2D eigenvalue weighted by Gasteiger charge is -2.44. The van der Waals surface area contributed by atoms with Crippen LogP contribution >= 0.6 is 0 Å². The molecule has 0 bridgehead atoms. The summed E-state index contributed by atoms with van der Waals surface area (Å²) in [6, 6.07) is 11.8. The fourth-order valence-corrected chi connectivity index (χ4v) is 4.78. The quantitative estimate of drug-likeness (QED) is 0.685. The van der Waals surface area contributed by atoms with Crippen molar-refractivity contribution in [2.24, 2.45) is 11.8 Å². The number of fused-ring (bicyclic) bond motifs is 1. The maximum absolute atomic E-state index is 13.7. The first-order valence-corrected chi connectivity index (χ1v) is 11.0. The van der Waals surface area contributed by atoms with Crippen molar-refractivity contribution < 1.29 is 14.7 Å². The summed E-state index contributed by atoms with van der Waals surface area (Å²) < 4.78 is 0. The van der Waals surface area contributed by atoms with Gasteiger partial charge in [-0.05, 0) is 61.4 Å². The molecule has 3 N–H and O–H groups in total. The first kappa shape index (κ1) is 21.4. The zero-order valence-corrected chi connectivity index (χ0v) is 18.6. The van der Waals surface area contributed by atoms with E-state index in [1.54, 1.807) is 30.3 Å². The minimum absolute atomic E-state index is 0.0426. The van der Waals surface area contributed by atoms with Crippen molar-refractivity contribution >= 4 is 23.3 Å². The van der Waals surface area contributed by atoms with E-state index in [0.717, 1.165) is 30.4 Å². The standard InChI is InChI=1S/C25H31N3O3/c1-15-12-13-19(14-17(15)3)28-24(30)27-22-10-6-5-9-20(22)25(28,31)23(29)26-21-11-7-8-16(2)18(21)4/h5-6,9-10,12-14,16,18,21,31H,7-8,11H2,1-4H3,(H,26,29)(H,27,30)/t16-,18-,21-,25+/m0/s1. The molecule has 0 aromatic heterocycles. The summed E-state index contributed by atoms with van der Waals surface area (Å²) in [5, 5.41) is 17.9. The third-order valence-electron chi connectivity index (χ3n) is 7.16. The number of rotatable bonds is 3. The molecular weight excluding hydrogens is 390 g/mol. The Labute approximate surface area is 183 Å². The second-order valence-electron chi connectivity index (χ2n) is 9.10. The van der Waals surface area contributed by atoms with Gasteiger partial charge in [0.05, 0.1) is 5.69 Å². The highest BCUT2D eigenvalue weighted by atomic mass is 16.3. The van der Waals surface area contributed by atoms with Gasteiger partial charge in [-0.3, -0.25) is 9.69 Å². The molecular formula is C25H31N3O3. The topological polar surface area (TPSA) is 81.7 Å². The Kier molecular flexibility index (Phi) is 5.52. The number of aryl methyl sites for hydroxylation is 2. The predicted molar refractivity (Wildman–Crippen MR) is 122 cm³/mol. The number of hydrogen-bond acceptors (Lipinski definition) is 3. The number of carbonyl (C=O) groups is 2. The molecule has 1 heterocycles. The van der Waals surface area contributed by atoms with Crippen LogP contribution in [0.5, 0.6) is 0 Å². The normalized spacial score (nSPS) is 28.0. The number of amides is 3. The Morgan fingerprint density at radius 2 is 1.87 bits per heavy atom. The second-order valence-corrected chi connectivity index (χ2v) is 9.10. The summed E-state index contributed by atoms with van der Waals surface area (Å²) >= 11 is 0. The average molecular weight is 422 g/mol. The molecule has 0 radical (unpaired) electrons. The zero-order chi connectivity index (χ0) is 22.3. The van der Waals surface area contributed by atoms with Gasteiger partial charge in [0.15, 0.2) is 0 Å². The Hall–Kier alpha value is -2.86. The molecule has 2 aromatic carbocycles. The van der Waals surface area contributed by atoms with E-state index in [1.165, 1.54) is 4.90 Å². The van der Waals surface area contributed by atoms with E-state index in [2.05, 4.69) is 24.5 Å². The highest BCUT2D eigenvalue weighted by molar-refractivity contribution is 6.11. The van der Waals surface area contributed by atoms with Crippen molar-refractivity contribution in [1.82, 2.24) is 5.32 Å². The van der Waals surface area contributed by atoms with Gasteiger partial charge in [-0.1, -0.05) is 51.0 Å². The molecule has 6 heteroatoms. The van der Waals surface area contributed by atoms with Crippen molar-refractivity contribution in [3.8, 4) is 0 Å². The molecule has 164 valence electrons. The lowest BCUT2D eigenvalue weighted by molar-refractivity contribution is -0.141. The molecule has 1 aliphatic carbocycles. The number of urea groups is 1. The van der Waals surface area contributed by atoms with Gasteiger partial charge in [0.1, 0.15) is 0 Å². The number of nitrogens with zero attached hydrogens (tertiary/aromatic N) is 1. The highest BCUT2D eigenvalue weighted by Crippen LogP contribution is 2.41. The van der Waals surface area contributed by atoms with Crippen molar-refractivity contribution in [2.75, 3.05) is 10.2 Å². The lowest BCUT2D eigenvalue weighted by Crippen LogP contribution is -2.64. The van der Waals surface area contributed by atoms with Crippen LogP contribution in [-0.4, -0.2) is 23.1 Å². The molecule has 3 amide bonds. The van der Waals surface area contributed by atoms with Gasteiger partial charge >= 0.3 is 6.03 Å². The van der Waals surface area contributed by atoms with E-state index in [0.29, 0.717) is 28.8 Å². The highest BCUT2D eigenvalue weighted by Gasteiger charge is 2.52. The number of hydrogen-bond donors (Lipinski definition) is 3. The van der Waals surface area contributed by atoms with Crippen LogP contribution in [0.2, 0.25) is 0 Å². The van der Waals surface area contributed by atoms with Gasteiger partial charge < -0.3 is 15.7 Å². The van der Waals surface area contributed by atoms with Crippen LogP contribution in [0.1, 0.15) is 49.8 Å². The molecule has 4 rings (SSSR count). The summed E-state index contributed by atoms with van der Waals surface area (Å²) in [6.07, 6.45) is 3.04. The van der Waals surface area contributed by atoms with E-state index >= 15 is 0 Å². The molecule has 2 aromatic rings.